The molecule has 8 heteroatoms. The van der Waals surface area contributed by atoms with Gasteiger partial charge in [0.25, 0.3) is 0 Å². The Bertz CT molecular complexity index is 1930. The molecule has 52 heavy (non-hydrogen) atoms. The van der Waals surface area contributed by atoms with Gasteiger partial charge in [-0.25, -0.2) is 0 Å². The van der Waals surface area contributed by atoms with Crippen molar-refractivity contribution in [2.24, 2.45) is 0 Å². The van der Waals surface area contributed by atoms with Crippen LogP contribution < -0.4 is 8.92 Å². The molecule has 0 radical (unpaired) electrons. The fourth-order valence-corrected chi connectivity index (χ4v) is 8.32. The Morgan fingerprint density at radius 1 is 0.654 bits per heavy atom. The van der Waals surface area contributed by atoms with Crippen LogP contribution in [0.3, 0.4) is 0 Å². The Balaban J connectivity index is 1.40. The third kappa shape index (κ3) is 11.0. The zero-order valence-electron chi connectivity index (χ0n) is 30.1. The molecule has 5 aromatic carbocycles. The first-order valence-corrected chi connectivity index (χ1v) is 20.6. The highest BCUT2D eigenvalue weighted by atomic mass is 32.2. The van der Waals surface area contributed by atoms with Gasteiger partial charge in [-0.15, -0.1) is 0 Å². The molecule has 0 bridgehead atoms. The molecular formula is C44H50O6S2. The van der Waals surface area contributed by atoms with Crippen LogP contribution in [-0.4, -0.2) is 25.2 Å². The van der Waals surface area contributed by atoms with Crippen molar-refractivity contribution in [3.05, 3.63) is 138 Å². The van der Waals surface area contributed by atoms with E-state index in [1.54, 1.807) is 42.5 Å². The summed E-state index contributed by atoms with van der Waals surface area (Å²) in [7, 11) is -4.26. The summed E-state index contributed by atoms with van der Waals surface area (Å²) in [6, 6.07) is 36.3. The zero-order valence-corrected chi connectivity index (χ0v) is 31.7. The number of ether oxygens (including phenoxy) is 1. The zero-order chi connectivity index (χ0) is 36.8. The fraction of sp³-hybridized carbons (Fsp3) is 0.318. The third-order valence-corrected chi connectivity index (χ3v) is 11.5. The average Bonchev–Trinajstić information content (AvgIpc) is 3.17. The molecule has 5 rings (SSSR count). The van der Waals surface area contributed by atoms with E-state index in [9.17, 15) is 18.6 Å². The van der Waals surface area contributed by atoms with Gasteiger partial charge < -0.3 is 19.1 Å². The minimum absolute atomic E-state index is 0.0233. The van der Waals surface area contributed by atoms with Gasteiger partial charge in [0.15, 0.2) is 0 Å². The van der Waals surface area contributed by atoms with Crippen LogP contribution in [0.15, 0.2) is 136 Å². The average molecular weight is 739 g/mol. The molecule has 274 valence electrons. The van der Waals surface area contributed by atoms with E-state index in [2.05, 4.69) is 13.8 Å². The second kappa shape index (κ2) is 19.7. The van der Waals surface area contributed by atoms with Crippen molar-refractivity contribution >= 4 is 21.9 Å². The van der Waals surface area contributed by atoms with Gasteiger partial charge >= 0.3 is 10.1 Å². The van der Waals surface area contributed by atoms with Crippen LogP contribution in [0, 0.1) is 0 Å². The second-order valence-electron chi connectivity index (χ2n) is 13.0. The number of hydrogen-bond acceptors (Lipinski definition) is 7. The van der Waals surface area contributed by atoms with Crippen LogP contribution >= 0.6 is 11.8 Å². The molecule has 2 unspecified atom stereocenters. The first-order valence-electron chi connectivity index (χ1n) is 18.4. The van der Waals surface area contributed by atoms with Gasteiger partial charge in [0.05, 0.1) is 12.7 Å². The quantitative estimate of drug-likeness (QED) is 0.0606. The lowest BCUT2D eigenvalue weighted by atomic mass is 9.92. The molecule has 0 amide bonds. The molecule has 2 atom stereocenters. The van der Waals surface area contributed by atoms with Crippen LogP contribution in [0.5, 0.6) is 11.5 Å². The van der Waals surface area contributed by atoms with Gasteiger partial charge in [-0.1, -0.05) is 143 Å². The molecule has 0 aliphatic heterocycles. The van der Waals surface area contributed by atoms with Crippen molar-refractivity contribution < 1.29 is 27.6 Å². The lowest BCUT2D eigenvalue weighted by Crippen LogP contribution is -2.11. The Labute approximate surface area is 314 Å². The molecule has 0 spiro atoms. The Kier molecular flexibility index (Phi) is 14.8. The maximum absolute atomic E-state index is 13.9. The van der Waals surface area contributed by atoms with Gasteiger partial charge in [0, 0.05) is 9.79 Å². The third-order valence-electron chi connectivity index (χ3n) is 9.01. The molecule has 2 N–H and O–H groups in total. The molecule has 0 saturated carbocycles. The predicted octanol–water partition coefficient (Wildman–Crippen LogP) is 11.3. The molecule has 0 heterocycles. The number of rotatable bonds is 20. The van der Waals surface area contributed by atoms with Gasteiger partial charge in [-0.3, -0.25) is 0 Å². The van der Waals surface area contributed by atoms with E-state index < -0.39 is 22.3 Å². The predicted molar refractivity (Wildman–Crippen MR) is 211 cm³/mol. The van der Waals surface area contributed by atoms with Crippen LogP contribution in [0.2, 0.25) is 0 Å². The van der Waals surface area contributed by atoms with Gasteiger partial charge in [0.2, 0.25) is 0 Å². The SMILES string of the molecule is CCCCCCCCC(O)c1ccc(C(O)c2ccccc2-c2ccc(Sc3ccc(OCCCC)cc3)c(S(=O)(=O)Oc3ccccc3)c2)cc1. The minimum atomic E-state index is -4.26. The van der Waals surface area contributed by atoms with E-state index in [-0.39, 0.29) is 10.6 Å². The molecule has 0 aliphatic carbocycles. The lowest BCUT2D eigenvalue weighted by molar-refractivity contribution is 0.163. The first-order chi connectivity index (χ1) is 25.3. The number of aliphatic hydroxyl groups excluding tert-OH is 2. The Morgan fingerprint density at radius 2 is 1.31 bits per heavy atom. The van der Waals surface area contributed by atoms with Crippen LogP contribution in [-0.2, 0) is 10.1 Å². The van der Waals surface area contributed by atoms with E-state index in [1.165, 1.54) is 37.4 Å². The number of unbranched alkanes of at least 4 members (excludes halogenated alkanes) is 6. The van der Waals surface area contributed by atoms with Crippen molar-refractivity contribution in [1.82, 2.24) is 0 Å². The fourth-order valence-electron chi connectivity index (χ4n) is 6.03. The number of benzene rings is 5. The maximum Gasteiger partial charge on any atom is 0.340 e. The number of hydrogen-bond donors (Lipinski definition) is 2. The van der Waals surface area contributed by atoms with Crippen LogP contribution in [0.25, 0.3) is 11.1 Å². The van der Waals surface area contributed by atoms with Crippen molar-refractivity contribution in [3.63, 3.8) is 0 Å². The summed E-state index contributed by atoms with van der Waals surface area (Å²) in [4.78, 5) is 1.38. The summed E-state index contributed by atoms with van der Waals surface area (Å²) in [5, 5.41) is 22.4. The van der Waals surface area contributed by atoms with Gasteiger partial charge in [0.1, 0.15) is 22.5 Å². The van der Waals surface area contributed by atoms with E-state index >= 15 is 0 Å². The molecule has 0 aliphatic rings. The molecular weight excluding hydrogens is 689 g/mol. The summed E-state index contributed by atoms with van der Waals surface area (Å²) in [6.45, 7) is 4.97. The largest absolute Gasteiger partial charge is 0.494 e. The standard InChI is InChI=1S/C44H50O6S2/c1-3-5-7-8-9-13-20-41(45)33-21-23-34(24-22-33)44(46)40-19-15-14-18-39(40)35-25-30-42(51-38-28-26-36(27-29-38)49-31-6-4-2)43(32-35)52(47,48)50-37-16-11-10-12-17-37/h10-12,14-19,21-30,32,41,44-46H,3-9,13,20,31H2,1-2H3. The number of para-hydroxylation sites is 1. The molecule has 6 nitrogen and oxygen atoms in total. The van der Waals surface area contributed by atoms with Gasteiger partial charge in [-0.2, -0.15) is 8.42 Å². The van der Waals surface area contributed by atoms with E-state index in [0.717, 1.165) is 41.9 Å². The van der Waals surface area contributed by atoms with Crippen LogP contribution in [0.1, 0.15) is 101 Å². The molecule has 0 saturated heterocycles. The summed E-state index contributed by atoms with van der Waals surface area (Å²) in [5.74, 6) is 0.983. The Morgan fingerprint density at radius 3 is 2.04 bits per heavy atom. The van der Waals surface area contributed by atoms with Crippen LogP contribution in [0.4, 0.5) is 0 Å². The smallest absolute Gasteiger partial charge is 0.340 e. The normalized spacial score (nSPS) is 12.7. The highest BCUT2D eigenvalue weighted by Gasteiger charge is 2.24. The second-order valence-corrected chi connectivity index (χ2v) is 15.6. The monoisotopic (exact) mass is 738 g/mol. The van der Waals surface area contributed by atoms with E-state index in [1.807, 2.05) is 78.9 Å². The van der Waals surface area contributed by atoms with Crippen molar-refractivity contribution in [1.29, 1.82) is 0 Å². The summed E-state index contributed by atoms with van der Waals surface area (Å²) in [6.07, 6.45) is 8.22. The van der Waals surface area contributed by atoms with Gasteiger partial charge in [-0.05, 0) is 89.2 Å². The van der Waals surface area contributed by atoms with Crippen molar-refractivity contribution in [2.75, 3.05) is 6.61 Å². The summed E-state index contributed by atoms with van der Waals surface area (Å²) < 4.78 is 39.3. The van der Waals surface area contributed by atoms with E-state index in [0.29, 0.717) is 40.2 Å². The topological polar surface area (TPSA) is 93.1 Å². The molecule has 5 aromatic rings. The summed E-state index contributed by atoms with van der Waals surface area (Å²) >= 11 is 1.33. The maximum atomic E-state index is 13.9. The highest BCUT2D eigenvalue weighted by Crippen LogP contribution is 2.39. The highest BCUT2D eigenvalue weighted by molar-refractivity contribution is 8.00. The molecule has 0 aromatic heterocycles. The summed E-state index contributed by atoms with van der Waals surface area (Å²) in [5.41, 5.74) is 3.47. The number of aliphatic hydroxyl groups is 2. The van der Waals surface area contributed by atoms with Crippen molar-refractivity contribution in [2.45, 2.75) is 98.5 Å². The lowest BCUT2D eigenvalue weighted by Gasteiger charge is -2.19. The van der Waals surface area contributed by atoms with Crippen molar-refractivity contribution in [3.8, 4) is 22.6 Å². The minimum Gasteiger partial charge on any atom is -0.494 e. The molecule has 0 fully saturated rings. The van der Waals surface area contributed by atoms with E-state index in [4.69, 9.17) is 8.92 Å². The first kappa shape index (κ1) is 39.1. The Hall–Kier alpha value is -4.08.